The number of ether oxygens (including phenoxy) is 1. The van der Waals surface area contributed by atoms with E-state index in [2.05, 4.69) is 5.32 Å². The normalized spacial score (nSPS) is 21.4. The number of amides is 2. The molecule has 0 aromatic heterocycles. The van der Waals surface area contributed by atoms with Gasteiger partial charge in [-0.2, -0.15) is 0 Å². The molecule has 0 unspecified atom stereocenters. The summed E-state index contributed by atoms with van der Waals surface area (Å²) in [6.07, 6.45) is 3.65. The highest BCUT2D eigenvalue weighted by atomic mass is 19.1. The van der Waals surface area contributed by atoms with Gasteiger partial charge in [-0.15, -0.1) is 0 Å². The molecule has 3 rings (SSSR count). The number of nitrogens with one attached hydrogen (secondary N) is 1. The molecule has 0 bridgehead atoms. The SMILES string of the molecule is C[C@H](Cc1ccccc1F)NC(=O)N1CCC2(CCOCC2)C1. The van der Waals surface area contributed by atoms with Crippen LogP contribution in [0.5, 0.6) is 0 Å². The number of benzene rings is 1. The van der Waals surface area contributed by atoms with Crippen molar-refractivity contribution >= 4 is 6.03 Å². The molecule has 2 heterocycles. The zero-order valence-electron chi connectivity index (χ0n) is 13.7. The van der Waals surface area contributed by atoms with Crippen LogP contribution in [-0.2, 0) is 11.2 Å². The molecule has 1 spiro atoms. The van der Waals surface area contributed by atoms with Gasteiger partial charge in [-0.25, -0.2) is 9.18 Å². The zero-order chi connectivity index (χ0) is 16.3. The van der Waals surface area contributed by atoms with Crippen molar-refractivity contribution < 1.29 is 13.9 Å². The second-order valence-electron chi connectivity index (χ2n) is 6.93. The molecule has 4 nitrogen and oxygen atoms in total. The molecule has 1 aromatic rings. The fourth-order valence-electron chi connectivity index (χ4n) is 3.67. The van der Waals surface area contributed by atoms with Gasteiger partial charge in [0.1, 0.15) is 5.82 Å². The van der Waals surface area contributed by atoms with E-state index in [-0.39, 0.29) is 23.3 Å². The Bertz CT molecular complexity index is 558. The third-order valence-electron chi connectivity index (χ3n) is 5.13. The Hall–Kier alpha value is -1.62. The lowest BCUT2D eigenvalue weighted by atomic mass is 9.80. The summed E-state index contributed by atoms with van der Waals surface area (Å²) in [6.45, 7) is 5.15. The van der Waals surface area contributed by atoms with Gasteiger partial charge >= 0.3 is 6.03 Å². The molecule has 0 aliphatic carbocycles. The summed E-state index contributed by atoms with van der Waals surface area (Å²) in [5.74, 6) is -0.212. The fraction of sp³-hybridized carbons (Fsp3) is 0.611. The van der Waals surface area contributed by atoms with Crippen LogP contribution in [0, 0.1) is 11.2 Å². The van der Waals surface area contributed by atoms with Crippen LogP contribution < -0.4 is 5.32 Å². The standard InChI is InChI=1S/C18H25FN2O2/c1-14(12-15-4-2-3-5-16(15)19)20-17(22)21-9-6-18(13-21)7-10-23-11-8-18/h2-5,14H,6-13H2,1H3,(H,20,22)/t14-/m1/s1. The van der Waals surface area contributed by atoms with Gasteiger partial charge in [0.05, 0.1) is 0 Å². The molecule has 2 aliphatic rings. The highest BCUT2D eigenvalue weighted by Crippen LogP contribution is 2.39. The maximum atomic E-state index is 13.7. The Morgan fingerprint density at radius 3 is 2.83 bits per heavy atom. The smallest absolute Gasteiger partial charge is 0.317 e. The molecule has 2 fully saturated rings. The third-order valence-corrected chi connectivity index (χ3v) is 5.13. The minimum absolute atomic E-state index is 0.0304. The minimum Gasteiger partial charge on any atom is -0.381 e. The first kappa shape index (κ1) is 16.2. The van der Waals surface area contributed by atoms with Crippen LogP contribution in [0.25, 0.3) is 0 Å². The molecule has 1 atom stereocenters. The number of urea groups is 1. The van der Waals surface area contributed by atoms with E-state index >= 15 is 0 Å². The summed E-state index contributed by atoms with van der Waals surface area (Å²) in [4.78, 5) is 14.4. The second-order valence-corrected chi connectivity index (χ2v) is 6.93. The van der Waals surface area contributed by atoms with Gasteiger partial charge in [-0.3, -0.25) is 0 Å². The van der Waals surface area contributed by atoms with Crippen LogP contribution in [-0.4, -0.2) is 43.3 Å². The lowest BCUT2D eigenvalue weighted by molar-refractivity contribution is 0.0208. The van der Waals surface area contributed by atoms with Crippen molar-refractivity contribution in [3.63, 3.8) is 0 Å². The van der Waals surface area contributed by atoms with E-state index < -0.39 is 0 Å². The van der Waals surface area contributed by atoms with Gasteiger partial charge in [0.2, 0.25) is 0 Å². The van der Waals surface area contributed by atoms with Crippen molar-refractivity contribution in [1.29, 1.82) is 0 Å². The topological polar surface area (TPSA) is 41.6 Å². The van der Waals surface area contributed by atoms with Crippen LogP contribution in [0.2, 0.25) is 0 Å². The highest BCUT2D eigenvalue weighted by molar-refractivity contribution is 5.75. The average molecular weight is 320 g/mol. The number of hydrogen-bond acceptors (Lipinski definition) is 2. The highest BCUT2D eigenvalue weighted by Gasteiger charge is 2.41. The van der Waals surface area contributed by atoms with Crippen molar-refractivity contribution in [3.05, 3.63) is 35.6 Å². The molecular formula is C18H25FN2O2. The zero-order valence-corrected chi connectivity index (χ0v) is 13.7. The van der Waals surface area contributed by atoms with Crippen LogP contribution in [0.1, 0.15) is 31.7 Å². The summed E-state index contributed by atoms with van der Waals surface area (Å²) in [7, 11) is 0. The Kier molecular flexibility index (Phi) is 4.85. The molecule has 0 saturated carbocycles. The number of halogens is 1. The van der Waals surface area contributed by atoms with E-state index in [1.54, 1.807) is 12.1 Å². The Labute approximate surface area is 137 Å². The van der Waals surface area contributed by atoms with Crippen molar-refractivity contribution in [2.75, 3.05) is 26.3 Å². The first-order chi connectivity index (χ1) is 11.1. The van der Waals surface area contributed by atoms with Crippen LogP contribution in [0.4, 0.5) is 9.18 Å². The number of carbonyl (C=O) groups is 1. The molecule has 1 N–H and O–H groups in total. The van der Waals surface area contributed by atoms with Crippen molar-refractivity contribution in [2.45, 2.75) is 38.6 Å². The molecular weight excluding hydrogens is 295 g/mol. The summed E-state index contributed by atoms with van der Waals surface area (Å²) in [5.41, 5.74) is 0.896. The number of rotatable bonds is 3. The molecule has 5 heteroatoms. The van der Waals surface area contributed by atoms with Crippen molar-refractivity contribution in [1.82, 2.24) is 10.2 Å². The lowest BCUT2D eigenvalue weighted by Crippen LogP contribution is -2.45. The molecule has 0 radical (unpaired) electrons. The molecule has 2 aliphatic heterocycles. The third kappa shape index (κ3) is 3.83. The first-order valence-electron chi connectivity index (χ1n) is 8.45. The monoisotopic (exact) mass is 320 g/mol. The number of carbonyl (C=O) groups excluding carboxylic acids is 1. The van der Waals surface area contributed by atoms with Crippen LogP contribution in [0.15, 0.2) is 24.3 Å². The maximum absolute atomic E-state index is 13.7. The minimum atomic E-state index is -0.212. The second kappa shape index (κ2) is 6.87. The van der Waals surface area contributed by atoms with Gasteiger partial charge < -0.3 is 15.0 Å². The van der Waals surface area contributed by atoms with Crippen molar-refractivity contribution in [2.24, 2.45) is 5.41 Å². The Morgan fingerprint density at radius 2 is 2.09 bits per heavy atom. The maximum Gasteiger partial charge on any atom is 0.317 e. The average Bonchev–Trinajstić information content (AvgIpc) is 2.94. The van der Waals surface area contributed by atoms with Crippen LogP contribution >= 0.6 is 0 Å². The molecule has 2 amide bonds. The van der Waals surface area contributed by atoms with Gasteiger partial charge in [0.25, 0.3) is 0 Å². The van der Waals surface area contributed by atoms with E-state index in [1.807, 2.05) is 17.9 Å². The number of nitrogens with zero attached hydrogens (tertiary/aromatic N) is 1. The van der Waals surface area contributed by atoms with E-state index in [0.717, 1.165) is 45.6 Å². The van der Waals surface area contributed by atoms with Crippen LogP contribution in [0.3, 0.4) is 0 Å². The Morgan fingerprint density at radius 1 is 1.35 bits per heavy atom. The van der Waals surface area contributed by atoms with Gasteiger partial charge in [-0.05, 0) is 49.7 Å². The lowest BCUT2D eigenvalue weighted by Gasteiger charge is -2.33. The van der Waals surface area contributed by atoms with Gasteiger partial charge in [0.15, 0.2) is 0 Å². The summed E-state index contributed by atoms with van der Waals surface area (Å²) in [6, 6.07) is 6.61. The molecule has 2 saturated heterocycles. The molecule has 126 valence electrons. The Balaban J connectivity index is 1.52. The van der Waals surface area contributed by atoms with Gasteiger partial charge in [0, 0.05) is 32.3 Å². The van der Waals surface area contributed by atoms with E-state index in [9.17, 15) is 9.18 Å². The number of hydrogen-bond donors (Lipinski definition) is 1. The summed E-state index contributed by atoms with van der Waals surface area (Å²) >= 11 is 0. The number of likely N-dealkylation sites (tertiary alicyclic amines) is 1. The summed E-state index contributed by atoms with van der Waals surface area (Å²) < 4.78 is 19.1. The quantitative estimate of drug-likeness (QED) is 0.930. The largest absolute Gasteiger partial charge is 0.381 e. The molecule has 23 heavy (non-hydrogen) atoms. The van der Waals surface area contributed by atoms with E-state index in [4.69, 9.17) is 4.74 Å². The molecule has 1 aromatic carbocycles. The summed E-state index contributed by atoms with van der Waals surface area (Å²) in [5, 5.41) is 3.01. The van der Waals surface area contributed by atoms with E-state index in [0.29, 0.717) is 12.0 Å². The predicted octanol–water partition coefficient (Wildman–Crippen LogP) is 2.97. The predicted molar refractivity (Wildman–Crippen MR) is 86.8 cm³/mol. The van der Waals surface area contributed by atoms with E-state index in [1.165, 1.54) is 6.07 Å². The first-order valence-corrected chi connectivity index (χ1v) is 8.45. The fourth-order valence-corrected chi connectivity index (χ4v) is 3.67. The van der Waals surface area contributed by atoms with Gasteiger partial charge in [-0.1, -0.05) is 18.2 Å². The van der Waals surface area contributed by atoms with Crippen molar-refractivity contribution in [3.8, 4) is 0 Å².